The third-order valence-electron chi connectivity index (χ3n) is 11.6. The predicted octanol–water partition coefficient (Wildman–Crippen LogP) is 15.9. The largest absolute Gasteiger partial charge is 0.416 e. The van der Waals surface area contributed by atoms with E-state index >= 15 is 0 Å². The number of halogens is 18. The molecular formula is C61H69BrCl3F14N7. The summed E-state index contributed by atoms with van der Waals surface area (Å²) in [6.07, 6.45) is -10.5. The number of nitrogens with two attached hydrogens (primary N) is 7. The minimum absolute atomic E-state index is 0.0611. The smallest absolute Gasteiger partial charge is 0.330 e. The molecule has 0 bridgehead atoms. The second kappa shape index (κ2) is 39.5. The van der Waals surface area contributed by atoms with E-state index in [2.05, 4.69) is 48.0 Å². The Hall–Kier alpha value is -5.37. The second-order valence-electron chi connectivity index (χ2n) is 18.5. The number of aryl methyl sites for hydroxylation is 2. The summed E-state index contributed by atoms with van der Waals surface area (Å²) < 4.78 is 175. The van der Waals surface area contributed by atoms with Gasteiger partial charge in [0.25, 0.3) is 0 Å². The Kier molecular flexibility index (Phi) is 36.1. The molecule has 0 aromatic heterocycles. The Bertz CT molecular complexity index is 2910. The summed E-state index contributed by atoms with van der Waals surface area (Å²) in [6, 6.07) is 28.1. The first-order chi connectivity index (χ1) is 40.2. The summed E-state index contributed by atoms with van der Waals surface area (Å²) in [6.45, 7) is 8.43. The van der Waals surface area contributed by atoms with Crippen LogP contribution < -0.4 is 40.1 Å². The maximum Gasteiger partial charge on any atom is 0.416 e. The first kappa shape index (κ1) is 78.6. The lowest BCUT2D eigenvalue weighted by molar-refractivity contribution is -0.143. The molecule has 7 nitrogen and oxygen atoms in total. The Labute approximate surface area is 515 Å². The van der Waals surface area contributed by atoms with Gasteiger partial charge in [-0.05, 0) is 216 Å². The second-order valence-corrected chi connectivity index (χ2v) is 20.7. The van der Waals surface area contributed by atoms with Crippen LogP contribution in [0.2, 0.25) is 15.1 Å². The van der Waals surface area contributed by atoms with Crippen LogP contribution in [0.4, 0.5) is 61.5 Å². The van der Waals surface area contributed by atoms with Crippen LogP contribution >= 0.6 is 50.7 Å². The van der Waals surface area contributed by atoms with Crippen LogP contribution in [0.5, 0.6) is 0 Å². The van der Waals surface area contributed by atoms with Crippen molar-refractivity contribution in [1.82, 2.24) is 0 Å². The molecule has 7 aromatic rings. The van der Waals surface area contributed by atoms with Gasteiger partial charge in [-0.15, -0.1) is 0 Å². The van der Waals surface area contributed by atoms with Gasteiger partial charge >= 0.3 is 18.5 Å². The van der Waals surface area contributed by atoms with Crippen molar-refractivity contribution in [2.45, 2.75) is 83.9 Å². The first-order valence-corrected chi connectivity index (χ1v) is 28.0. The third-order valence-corrected chi connectivity index (χ3v) is 13.0. The molecule has 1 atom stereocenters. The van der Waals surface area contributed by atoms with Gasteiger partial charge in [0.2, 0.25) is 0 Å². The zero-order valence-electron chi connectivity index (χ0n) is 47.0. The summed E-state index contributed by atoms with van der Waals surface area (Å²) in [5.74, 6) is -2.84. The molecule has 0 aliphatic heterocycles. The van der Waals surface area contributed by atoms with Crippen molar-refractivity contribution in [2.75, 3.05) is 39.3 Å². The molecule has 0 aliphatic carbocycles. The molecule has 0 fully saturated rings. The van der Waals surface area contributed by atoms with Crippen molar-refractivity contribution in [3.8, 4) is 0 Å². The topological polar surface area (TPSA) is 182 Å². The lowest BCUT2D eigenvalue weighted by Crippen LogP contribution is -2.15. The number of hydrogen-bond donors (Lipinski definition) is 7. The van der Waals surface area contributed by atoms with E-state index in [-0.39, 0.29) is 41.8 Å². The van der Waals surface area contributed by atoms with Gasteiger partial charge in [-0.1, -0.05) is 105 Å². The van der Waals surface area contributed by atoms with Gasteiger partial charge in [-0.3, -0.25) is 0 Å². The minimum atomic E-state index is -4.81. The fourth-order valence-electron chi connectivity index (χ4n) is 7.24. The normalized spacial score (nSPS) is 11.3. The van der Waals surface area contributed by atoms with E-state index in [0.29, 0.717) is 78.2 Å². The first-order valence-electron chi connectivity index (χ1n) is 26.1. The van der Waals surface area contributed by atoms with E-state index in [4.69, 9.17) is 74.9 Å². The van der Waals surface area contributed by atoms with Crippen molar-refractivity contribution >= 4 is 50.7 Å². The molecule has 0 heterocycles. The van der Waals surface area contributed by atoms with Gasteiger partial charge in [0.15, 0.2) is 11.6 Å². The van der Waals surface area contributed by atoms with E-state index < -0.39 is 58.7 Å². The Balaban J connectivity index is 0.000000505. The lowest BCUT2D eigenvalue weighted by Gasteiger charge is -2.15. The Morgan fingerprint density at radius 2 is 0.872 bits per heavy atom. The summed E-state index contributed by atoms with van der Waals surface area (Å²) in [5.41, 5.74) is 40.7. The average molecular weight is 1350 g/mol. The highest BCUT2D eigenvalue weighted by Crippen LogP contribution is 2.38. The number of benzene rings is 7. The van der Waals surface area contributed by atoms with Crippen molar-refractivity contribution in [1.29, 1.82) is 0 Å². The molecule has 1 unspecified atom stereocenters. The third kappa shape index (κ3) is 30.0. The van der Waals surface area contributed by atoms with Crippen LogP contribution in [0.25, 0.3) is 0 Å². The number of hydrogen-bond acceptors (Lipinski definition) is 7. The van der Waals surface area contributed by atoms with Crippen LogP contribution in [-0.2, 0) is 57.1 Å². The van der Waals surface area contributed by atoms with E-state index in [1.807, 2.05) is 18.2 Å². The molecular weight excluding hydrogens is 1280 g/mol. The van der Waals surface area contributed by atoms with Crippen LogP contribution in [0, 0.1) is 42.9 Å². The average Bonchev–Trinajstić information content (AvgIpc) is 2.63. The van der Waals surface area contributed by atoms with Crippen molar-refractivity contribution in [2.24, 2.45) is 40.1 Å². The van der Waals surface area contributed by atoms with E-state index in [1.165, 1.54) is 53.9 Å². The maximum absolute atomic E-state index is 13.0. The lowest BCUT2D eigenvalue weighted by atomic mass is 10.0. The molecule has 0 spiro atoms. The van der Waals surface area contributed by atoms with Gasteiger partial charge in [0.1, 0.15) is 17.5 Å². The van der Waals surface area contributed by atoms with Gasteiger partial charge in [0, 0.05) is 31.1 Å². The fraction of sp³-hybridized carbons (Fsp3) is 0.311. The van der Waals surface area contributed by atoms with Crippen molar-refractivity contribution < 1.29 is 61.5 Å². The molecule has 0 saturated heterocycles. The van der Waals surface area contributed by atoms with Gasteiger partial charge < -0.3 is 40.1 Å². The van der Waals surface area contributed by atoms with Gasteiger partial charge in [-0.25, -0.2) is 22.0 Å². The van der Waals surface area contributed by atoms with Crippen LogP contribution in [-0.4, -0.2) is 39.3 Å². The zero-order chi connectivity index (χ0) is 65.5. The Morgan fingerprint density at radius 1 is 0.419 bits per heavy atom. The molecule has 7 rings (SSSR count). The molecule has 0 radical (unpaired) electrons. The molecule has 25 heteroatoms. The van der Waals surface area contributed by atoms with E-state index in [1.54, 1.807) is 18.2 Å². The maximum atomic E-state index is 13.0. The number of alkyl halides is 9. The van der Waals surface area contributed by atoms with Crippen molar-refractivity contribution in [3.05, 3.63) is 243 Å². The van der Waals surface area contributed by atoms with Crippen LogP contribution in [0.3, 0.4) is 0 Å². The molecule has 7 aromatic carbocycles. The fourth-order valence-corrected chi connectivity index (χ4v) is 8.34. The highest BCUT2D eigenvalue weighted by atomic mass is 79.9. The highest BCUT2D eigenvalue weighted by molar-refractivity contribution is 9.10. The molecule has 0 aliphatic rings. The quantitative estimate of drug-likeness (QED) is 0.0561. The molecule has 14 N–H and O–H groups in total. The van der Waals surface area contributed by atoms with E-state index in [9.17, 15) is 61.5 Å². The van der Waals surface area contributed by atoms with Crippen molar-refractivity contribution in [3.63, 3.8) is 0 Å². The van der Waals surface area contributed by atoms with Gasteiger partial charge in [-0.2, -0.15) is 39.5 Å². The zero-order valence-corrected chi connectivity index (χ0v) is 50.9. The molecule has 474 valence electrons. The molecule has 0 amide bonds. The predicted molar refractivity (Wildman–Crippen MR) is 321 cm³/mol. The monoisotopic (exact) mass is 1350 g/mol. The summed E-state index contributed by atoms with van der Waals surface area (Å²) in [7, 11) is 0. The Morgan fingerprint density at radius 3 is 1.35 bits per heavy atom. The molecule has 86 heavy (non-hydrogen) atoms. The van der Waals surface area contributed by atoms with Gasteiger partial charge in [0.05, 0.1) is 16.7 Å². The summed E-state index contributed by atoms with van der Waals surface area (Å²) in [5, 5.41) is 1.81. The summed E-state index contributed by atoms with van der Waals surface area (Å²) >= 11 is 20.5. The van der Waals surface area contributed by atoms with Crippen LogP contribution in [0.1, 0.15) is 79.7 Å². The SMILES string of the molecule is CC(N)c1cc(C(F)(F)F)ccc1F.Cc1ccc(CCN)c(C)c1.NCCc1ccc(Br)cc1F.NCCc1ccc(C(F)(F)F)cc1C(F)(F)F.NCCc1ccc(Cl)cc1Cl.NCCc1ccc(F)c(F)c1.NCCc1ccc(F)cc1Cl. The minimum Gasteiger partial charge on any atom is -0.330 e. The summed E-state index contributed by atoms with van der Waals surface area (Å²) in [4.78, 5) is 0. The molecule has 0 saturated carbocycles. The van der Waals surface area contributed by atoms with E-state index in [0.717, 1.165) is 64.8 Å². The number of rotatable bonds is 13. The standard InChI is InChI=1S/C10H9F6N.C10H15N.C9H9F4N.C8H9BrFN.C8H9Cl2N.C8H9ClFN.C8H9F2N/c11-9(12,13)7-2-1-6(3-4-17)8(5-7)10(14,15)16;1-8-3-4-10(5-6-11)9(2)7-8;1-5(14)7-4-6(9(11,12)13)2-3-8(7)10;2*9-7-2-1-6(3-4-11)8(10)5-7;9-8-5-7(10)2-1-6(8)3-4-11;9-7-2-1-6(3-4-11)5-8(7)10/h1-2,5H,3-4,17H2;3-4,7H,5-6,11H2,1-2H3;2-5H,14H2,1H3;4*1-2,5H,3-4,11H2. The highest BCUT2D eigenvalue weighted by Gasteiger charge is 2.38. The van der Waals surface area contributed by atoms with Crippen LogP contribution in [0.15, 0.2) is 132 Å².